The van der Waals surface area contributed by atoms with Gasteiger partial charge in [-0.1, -0.05) is 12.1 Å². The standard InChI is InChI=1S/C12H13N3O2S/c1-18-8-7-13-10-5-6-14-12-9(10)3-2-4-11(12)15(16)17/h2-6H,7-8H2,1H3,(H,13,14). The van der Waals surface area contributed by atoms with E-state index in [2.05, 4.69) is 10.3 Å². The number of nitro groups is 1. The number of benzene rings is 1. The van der Waals surface area contributed by atoms with Gasteiger partial charge in [0, 0.05) is 35.6 Å². The van der Waals surface area contributed by atoms with Gasteiger partial charge in [-0.25, -0.2) is 4.98 Å². The number of fused-ring (bicyclic) bond motifs is 1. The number of thioether (sulfide) groups is 1. The van der Waals surface area contributed by atoms with Gasteiger partial charge in [0.1, 0.15) is 5.52 Å². The maximum absolute atomic E-state index is 10.9. The first-order chi connectivity index (χ1) is 8.74. The van der Waals surface area contributed by atoms with Gasteiger partial charge in [0.2, 0.25) is 0 Å². The summed E-state index contributed by atoms with van der Waals surface area (Å²) in [4.78, 5) is 14.6. The van der Waals surface area contributed by atoms with Crippen LogP contribution in [0.25, 0.3) is 10.9 Å². The molecule has 0 unspecified atom stereocenters. The molecule has 0 aliphatic carbocycles. The Morgan fingerprint density at radius 2 is 2.28 bits per heavy atom. The highest BCUT2D eigenvalue weighted by Gasteiger charge is 2.13. The Morgan fingerprint density at radius 3 is 3.00 bits per heavy atom. The number of aromatic nitrogens is 1. The molecular formula is C12H13N3O2S. The second-order valence-corrected chi connectivity index (χ2v) is 4.69. The lowest BCUT2D eigenvalue weighted by Gasteiger charge is -2.08. The third kappa shape index (κ3) is 2.53. The van der Waals surface area contributed by atoms with Crippen LogP contribution in [0.3, 0.4) is 0 Å². The number of hydrogen-bond donors (Lipinski definition) is 1. The van der Waals surface area contributed by atoms with Crippen molar-refractivity contribution in [2.45, 2.75) is 0 Å². The minimum atomic E-state index is -0.402. The van der Waals surface area contributed by atoms with Gasteiger partial charge >= 0.3 is 0 Å². The van der Waals surface area contributed by atoms with Gasteiger partial charge in [0.05, 0.1) is 4.92 Å². The summed E-state index contributed by atoms with van der Waals surface area (Å²) < 4.78 is 0. The van der Waals surface area contributed by atoms with Crippen molar-refractivity contribution in [1.29, 1.82) is 0 Å². The normalized spacial score (nSPS) is 10.5. The predicted molar refractivity (Wildman–Crippen MR) is 75.3 cm³/mol. The number of nitro benzene ring substituents is 1. The van der Waals surface area contributed by atoms with Crippen LogP contribution in [0, 0.1) is 10.1 Å². The molecule has 0 spiro atoms. The number of non-ortho nitro benzene ring substituents is 1. The predicted octanol–water partition coefficient (Wildman–Crippen LogP) is 2.92. The zero-order chi connectivity index (χ0) is 13.0. The smallest absolute Gasteiger partial charge is 0.295 e. The van der Waals surface area contributed by atoms with E-state index in [1.165, 1.54) is 6.07 Å². The van der Waals surface area contributed by atoms with Crippen molar-refractivity contribution >= 4 is 34.0 Å². The van der Waals surface area contributed by atoms with Gasteiger partial charge in [-0.05, 0) is 12.3 Å². The van der Waals surface area contributed by atoms with Gasteiger partial charge in [-0.15, -0.1) is 0 Å². The molecule has 0 aliphatic rings. The molecule has 6 heteroatoms. The Labute approximate surface area is 109 Å². The number of nitrogens with one attached hydrogen (secondary N) is 1. The van der Waals surface area contributed by atoms with Crippen LogP contribution in [0.4, 0.5) is 11.4 Å². The Balaban J connectivity index is 2.43. The van der Waals surface area contributed by atoms with E-state index in [0.29, 0.717) is 5.52 Å². The number of pyridine rings is 1. The second kappa shape index (κ2) is 5.68. The minimum absolute atomic E-state index is 0.0426. The SMILES string of the molecule is CSCCNc1ccnc2c([N+](=O)[O-])cccc12. The lowest BCUT2D eigenvalue weighted by Crippen LogP contribution is -2.04. The number of anilines is 1. The average Bonchev–Trinajstić information content (AvgIpc) is 2.38. The molecule has 0 bridgehead atoms. The monoisotopic (exact) mass is 263 g/mol. The summed E-state index contributed by atoms with van der Waals surface area (Å²) in [5, 5.41) is 15.0. The Morgan fingerprint density at radius 1 is 1.44 bits per heavy atom. The maximum Gasteiger partial charge on any atom is 0.295 e. The Hall–Kier alpha value is -1.82. The van der Waals surface area contributed by atoms with Crippen molar-refractivity contribution in [3.8, 4) is 0 Å². The first kappa shape index (κ1) is 12.6. The lowest BCUT2D eigenvalue weighted by molar-refractivity contribution is -0.383. The van der Waals surface area contributed by atoms with E-state index >= 15 is 0 Å². The van der Waals surface area contributed by atoms with Crippen molar-refractivity contribution in [3.05, 3.63) is 40.6 Å². The molecule has 2 aromatic rings. The highest BCUT2D eigenvalue weighted by atomic mass is 32.2. The fraction of sp³-hybridized carbons (Fsp3) is 0.250. The summed E-state index contributed by atoms with van der Waals surface area (Å²) in [5.74, 6) is 0.985. The lowest BCUT2D eigenvalue weighted by atomic mass is 10.1. The molecule has 1 heterocycles. The van der Waals surface area contributed by atoms with Crippen molar-refractivity contribution < 1.29 is 4.92 Å². The molecule has 0 atom stereocenters. The van der Waals surface area contributed by atoms with Crippen molar-refractivity contribution in [1.82, 2.24) is 4.98 Å². The number of rotatable bonds is 5. The number of nitrogens with zero attached hydrogens (tertiary/aromatic N) is 2. The largest absolute Gasteiger partial charge is 0.384 e. The van der Waals surface area contributed by atoms with Crippen molar-refractivity contribution in [2.24, 2.45) is 0 Å². The zero-order valence-electron chi connectivity index (χ0n) is 9.92. The highest BCUT2D eigenvalue weighted by molar-refractivity contribution is 7.98. The summed E-state index contributed by atoms with van der Waals surface area (Å²) in [6, 6.07) is 6.84. The number of hydrogen-bond acceptors (Lipinski definition) is 5. The molecule has 0 aliphatic heterocycles. The summed E-state index contributed by atoms with van der Waals surface area (Å²) in [7, 11) is 0. The molecule has 1 aromatic carbocycles. The number of para-hydroxylation sites is 1. The fourth-order valence-corrected chi connectivity index (χ4v) is 2.06. The second-order valence-electron chi connectivity index (χ2n) is 3.71. The maximum atomic E-state index is 10.9. The topological polar surface area (TPSA) is 68.1 Å². The summed E-state index contributed by atoms with van der Waals surface area (Å²) in [6.45, 7) is 0.822. The van der Waals surface area contributed by atoms with Gasteiger partial charge in [0.15, 0.2) is 0 Å². The van der Waals surface area contributed by atoms with Crippen LogP contribution in [0.1, 0.15) is 0 Å². The van der Waals surface area contributed by atoms with Gasteiger partial charge in [-0.3, -0.25) is 10.1 Å². The minimum Gasteiger partial charge on any atom is -0.384 e. The van der Waals surface area contributed by atoms with Gasteiger partial charge in [-0.2, -0.15) is 11.8 Å². The first-order valence-electron chi connectivity index (χ1n) is 5.49. The van der Waals surface area contributed by atoms with Crippen molar-refractivity contribution in [2.75, 3.05) is 23.9 Å². The van der Waals surface area contributed by atoms with Crippen LogP contribution in [-0.2, 0) is 0 Å². The molecule has 0 fully saturated rings. The van der Waals surface area contributed by atoms with Crippen molar-refractivity contribution in [3.63, 3.8) is 0 Å². The van der Waals surface area contributed by atoms with E-state index in [4.69, 9.17) is 0 Å². The molecule has 1 N–H and O–H groups in total. The molecule has 0 saturated heterocycles. The zero-order valence-corrected chi connectivity index (χ0v) is 10.7. The molecule has 2 rings (SSSR count). The summed E-state index contributed by atoms with van der Waals surface area (Å²) in [5.41, 5.74) is 1.36. The molecule has 18 heavy (non-hydrogen) atoms. The van der Waals surface area contributed by atoms with E-state index in [-0.39, 0.29) is 5.69 Å². The van der Waals surface area contributed by atoms with Crippen LogP contribution in [0.5, 0.6) is 0 Å². The van der Waals surface area contributed by atoms with Crippen LogP contribution in [0.2, 0.25) is 0 Å². The Bertz CT molecular complexity index is 574. The van der Waals surface area contributed by atoms with E-state index in [1.807, 2.05) is 18.4 Å². The van der Waals surface area contributed by atoms with Crippen LogP contribution in [-0.4, -0.2) is 28.5 Å². The van der Waals surface area contributed by atoms with E-state index in [0.717, 1.165) is 23.4 Å². The van der Waals surface area contributed by atoms with Gasteiger partial charge in [0.25, 0.3) is 5.69 Å². The molecular weight excluding hydrogens is 250 g/mol. The van der Waals surface area contributed by atoms with E-state index in [1.54, 1.807) is 24.0 Å². The average molecular weight is 263 g/mol. The summed E-state index contributed by atoms with van der Waals surface area (Å²) >= 11 is 1.75. The quantitative estimate of drug-likeness (QED) is 0.510. The highest BCUT2D eigenvalue weighted by Crippen LogP contribution is 2.28. The Kier molecular flexibility index (Phi) is 3.99. The van der Waals surface area contributed by atoms with Crippen LogP contribution < -0.4 is 5.32 Å². The van der Waals surface area contributed by atoms with Crippen LogP contribution >= 0.6 is 11.8 Å². The van der Waals surface area contributed by atoms with Gasteiger partial charge < -0.3 is 5.32 Å². The fourth-order valence-electron chi connectivity index (χ4n) is 1.75. The van der Waals surface area contributed by atoms with Crippen LogP contribution in [0.15, 0.2) is 30.5 Å². The molecule has 0 radical (unpaired) electrons. The summed E-state index contributed by atoms with van der Waals surface area (Å²) in [6.07, 6.45) is 3.63. The molecule has 5 nitrogen and oxygen atoms in total. The molecule has 0 saturated carbocycles. The third-order valence-electron chi connectivity index (χ3n) is 2.57. The first-order valence-corrected chi connectivity index (χ1v) is 6.88. The van der Waals surface area contributed by atoms with E-state index < -0.39 is 4.92 Å². The molecule has 94 valence electrons. The molecule has 0 amide bonds. The van der Waals surface area contributed by atoms with E-state index in [9.17, 15) is 10.1 Å². The molecule has 1 aromatic heterocycles. The third-order valence-corrected chi connectivity index (χ3v) is 3.18.